The highest BCUT2D eigenvalue weighted by atomic mass is 16.3. The van der Waals surface area contributed by atoms with Gasteiger partial charge in [-0.05, 0) is 38.5 Å². The van der Waals surface area contributed by atoms with Crippen LogP contribution in [0.25, 0.3) is 11.1 Å². The van der Waals surface area contributed by atoms with Gasteiger partial charge in [-0.15, -0.1) is 0 Å². The number of hydrogen-bond donors (Lipinski definition) is 1. The van der Waals surface area contributed by atoms with E-state index in [1.54, 1.807) is 12.1 Å². The summed E-state index contributed by atoms with van der Waals surface area (Å²) >= 11 is 0. The van der Waals surface area contributed by atoms with Crippen molar-refractivity contribution in [2.45, 2.75) is 26.8 Å². The molecule has 3 heteroatoms. The first-order chi connectivity index (χ1) is 7.59. The molecular formula is C13H16N2O. The predicted molar refractivity (Wildman–Crippen MR) is 64.4 cm³/mol. The average Bonchev–Trinajstić information content (AvgIpc) is 2.60. The molecule has 0 aliphatic rings. The lowest BCUT2D eigenvalue weighted by Crippen LogP contribution is -2.04. The summed E-state index contributed by atoms with van der Waals surface area (Å²) in [4.78, 5) is 0. The lowest BCUT2D eigenvalue weighted by atomic mass is 10.1. The van der Waals surface area contributed by atoms with E-state index in [0.717, 1.165) is 16.8 Å². The molecular weight excluding hydrogens is 200 g/mol. The fraction of sp³-hybridized carbons (Fsp3) is 0.308. The highest BCUT2D eigenvalue weighted by Gasteiger charge is 2.10. The molecule has 0 saturated carbocycles. The van der Waals surface area contributed by atoms with Gasteiger partial charge in [-0.2, -0.15) is 5.10 Å². The fourth-order valence-electron chi connectivity index (χ4n) is 1.90. The van der Waals surface area contributed by atoms with Crippen LogP contribution < -0.4 is 0 Å². The number of benzene rings is 1. The molecule has 2 rings (SSSR count). The molecule has 0 bridgehead atoms. The van der Waals surface area contributed by atoms with Crippen molar-refractivity contribution in [3.05, 3.63) is 36.2 Å². The van der Waals surface area contributed by atoms with Crippen LogP contribution >= 0.6 is 0 Å². The summed E-state index contributed by atoms with van der Waals surface area (Å²) in [7, 11) is 0. The third kappa shape index (κ3) is 1.81. The molecule has 3 nitrogen and oxygen atoms in total. The van der Waals surface area contributed by atoms with E-state index in [0.29, 0.717) is 6.04 Å². The number of rotatable bonds is 2. The summed E-state index contributed by atoms with van der Waals surface area (Å²) in [5, 5.41) is 13.8. The van der Waals surface area contributed by atoms with Gasteiger partial charge in [0.15, 0.2) is 0 Å². The molecule has 0 fully saturated rings. The predicted octanol–water partition coefficient (Wildman–Crippen LogP) is 3.15. The third-order valence-electron chi connectivity index (χ3n) is 2.69. The fourth-order valence-corrected chi connectivity index (χ4v) is 1.90. The summed E-state index contributed by atoms with van der Waals surface area (Å²) in [6.07, 6.45) is 1.85. The van der Waals surface area contributed by atoms with E-state index < -0.39 is 0 Å². The van der Waals surface area contributed by atoms with Crippen molar-refractivity contribution in [3.63, 3.8) is 0 Å². The topological polar surface area (TPSA) is 38.1 Å². The largest absolute Gasteiger partial charge is 0.508 e. The molecule has 0 spiro atoms. The van der Waals surface area contributed by atoms with E-state index in [2.05, 4.69) is 18.9 Å². The molecule has 1 N–H and O–H groups in total. The number of aromatic nitrogens is 2. The van der Waals surface area contributed by atoms with Crippen LogP contribution in [0.15, 0.2) is 30.5 Å². The Labute approximate surface area is 95.3 Å². The van der Waals surface area contributed by atoms with Crippen LogP contribution in [0, 0.1) is 6.92 Å². The zero-order chi connectivity index (χ0) is 11.7. The summed E-state index contributed by atoms with van der Waals surface area (Å²) in [6.45, 7) is 6.25. The van der Waals surface area contributed by atoms with Gasteiger partial charge in [0, 0.05) is 17.3 Å². The molecule has 2 aromatic rings. The van der Waals surface area contributed by atoms with Crippen LogP contribution in [-0.2, 0) is 0 Å². The van der Waals surface area contributed by atoms with Gasteiger partial charge >= 0.3 is 0 Å². The molecule has 0 aliphatic carbocycles. The Balaban J connectivity index is 2.49. The molecule has 0 atom stereocenters. The molecule has 84 valence electrons. The Kier molecular flexibility index (Phi) is 2.69. The van der Waals surface area contributed by atoms with Crippen molar-refractivity contribution in [1.29, 1.82) is 0 Å². The number of phenolic OH excluding ortho intramolecular Hbond substituents is 1. The van der Waals surface area contributed by atoms with E-state index >= 15 is 0 Å². The quantitative estimate of drug-likeness (QED) is 0.837. The first-order valence-corrected chi connectivity index (χ1v) is 5.43. The van der Waals surface area contributed by atoms with Crippen LogP contribution in [0.1, 0.15) is 25.6 Å². The zero-order valence-electron chi connectivity index (χ0n) is 9.81. The molecule has 0 aliphatic heterocycles. The maximum absolute atomic E-state index is 9.45. The van der Waals surface area contributed by atoms with Crippen molar-refractivity contribution >= 4 is 0 Å². The number of aromatic hydroxyl groups is 1. The average molecular weight is 216 g/mol. The molecule has 0 radical (unpaired) electrons. The van der Waals surface area contributed by atoms with Gasteiger partial charge in [-0.25, -0.2) is 0 Å². The molecule has 0 unspecified atom stereocenters. The van der Waals surface area contributed by atoms with Crippen LogP contribution in [0.4, 0.5) is 0 Å². The van der Waals surface area contributed by atoms with Crippen molar-refractivity contribution < 1.29 is 5.11 Å². The summed E-state index contributed by atoms with van der Waals surface area (Å²) < 4.78 is 1.99. The maximum atomic E-state index is 9.45. The minimum atomic E-state index is 0.286. The van der Waals surface area contributed by atoms with E-state index in [4.69, 9.17) is 0 Å². The lowest BCUT2D eigenvalue weighted by Gasteiger charge is -2.08. The molecule has 1 aromatic carbocycles. The molecule has 0 amide bonds. The van der Waals surface area contributed by atoms with Gasteiger partial charge < -0.3 is 5.11 Å². The van der Waals surface area contributed by atoms with Gasteiger partial charge in [0.1, 0.15) is 5.75 Å². The van der Waals surface area contributed by atoms with E-state index in [-0.39, 0.29) is 5.75 Å². The number of nitrogens with zero attached hydrogens (tertiary/aromatic N) is 2. The second kappa shape index (κ2) is 4.00. The second-order valence-electron chi connectivity index (χ2n) is 4.23. The van der Waals surface area contributed by atoms with Gasteiger partial charge in [-0.3, -0.25) is 4.68 Å². The Morgan fingerprint density at radius 1 is 1.31 bits per heavy atom. The Morgan fingerprint density at radius 3 is 2.62 bits per heavy atom. The molecule has 1 aromatic heterocycles. The highest BCUT2D eigenvalue weighted by molar-refractivity contribution is 5.66. The zero-order valence-corrected chi connectivity index (χ0v) is 9.81. The van der Waals surface area contributed by atoms with Crippen molar-refractivity contribution in [2.75, 3.05) is 0 Å². The minimum absolute atomic E-state index is 0.286. The van der Waals surface area contributed by atoms with E-state index in [1.807, 2.05) is 29.9 Å². The van der Waals surface area contributed by atoms with Gasteiger partial charge in [0.2, 0.25) is 0 Å². The standard InChI is InChI=1S/C13H16N2O/c1-9(2)15-10(3)13(8-14-15)11-5-4-6-12(16)7-11/h4-9,16H,1-3H3. The first-order valence-electron chi connectivity index (χ1n) is 5.43. The Hall–Kier alpha value is -1.77. The second-order valence-corrected chi connectivity index (χ2v) is 4.23. The Bertz CT molecular complexity index is 500. The summed E-state index contributed by atoms with van der Waals surface area (Å²) in [5.41, 5.74) is 3.20. The maximum Gasteiger partial charge on any atom is 0.116 e. The summed E-state index contributed by atoms with van der Waals surface area (Å²) in [5.74, 6) is 0.286. The normalized spacial score (nSPS) is 11.0. The van der Waals surface area contributed by atoms with Crippen LogP contribution in [0.5, 0.6) is 5.75 Å². The number of phenols is 1. The van der Waals surface area contributed by atoms with Crippen LogP contribution in [0.3, 0.4) is 0 Å². The van der Waals surface area contributed by atoms with Crippen molar-refractivity contribution in [3.8, 4) is 16.9 Å². The van der Waals surface area contributed by atoms with E-state index in [1.165, 1.54) is 0 Å². The highest BCUT2D eigenvalue weighted by Crippen LogP contribution is 2.27. The van der Waals surface area contributed by atoms with Gasteiger partial charge in [0.25, 0.3) is 0 Å². The van der Waals surface area contributed by atoms with Gasteiger partial charge in [0.05, 0.1) is 6.20 Å². The Morgan fingerprint density at radius 2 is 2.06 bits per heavy atom. The van der Waals surface area contributed by atoms with Crippen LogP contribution in [-0.4, -0.2) is 14.9 Å². The van der Waals surface area contributed by atoms with E-state index in [9.17, 15) is 5.11 Å². The first kappa shape index (κ1) is 10.7. The SMILES string of the molecule is Cc1c(-c2cccc(O)c2)cnn1C(C)C. The minimum Gasteiger partial charge on any atom is -0.508 e. The van der Waals surface area contributed by atoms with Crippen LogP contribution in [0.2, 0.25) is 0 Å². The lowest BCUT2D eigenvalue weighted by molar-refractivity contribution is 0.475. The number of hydrogen-bond acceptors (Lipinski definition) is 2. The van der Waals surface area contributed by atoms with Gasteiger partial charge in [-0.1, -0.05) is 12.1 Å². The smallest absolute Gasteiger partial charge is 0.116 e. The molecule has 1 heterocycles. The molecule has 0 saturated heterocycles. The molecule has 16 heavy (non-hydrogen) atoms. The summed E-state index contributed by atoms with van der Waals surface area (Å²) in [6, 6.07) is 7.61. The van der Waals surface area contributed by atoms with Crippen molar-refractivity contribution in [2.24, 2.45) is 0 Å². The third-order valence-corrected chi connectivity index (χ3v) is 2.69. The monoisotopic (exact) mass is 216 g/mol. The van der Waals surface area contributed by atoms with Crippen molar-refractivity contribution in [1.82, 2.24) is 9.78 Å².